The third kappa shape index (κ3) is 5.41. The zero-order valence-electron chi connectivity index (χ0n) is 26.8. The lowest BCUT2D eigenvalue weighted by Crippen LogP contribution is -2.09. The van der Waals surface area contributed by atoms with E-state index in [4.69, 9.17) is 0 Å². The van der Waals surface area contributed by atoms with Gasteiger partial charge in [0.1, 0.15) is 0 Å². The highest BCUT2D eigenvalue weighted by atomic mass is 32.1. The molecule has 7 aromatic carbocycles. The van der Waals surface area contributed by atoms with Gasteiger partial charge in [-0.05, 0) is 94.5 Å². The Morgan fingerprint density at radius 2 is 0.837 bits per heavy atom. The van der Waals surface area contributed by atoms with E-state index in [0.717, 1.165) is 17.1 Å². The number of benzene rings is 7. The quantitative estimate of drug-likeness (QED) is 0.168. The maximum Gasteiger partial charge on any atom is 0.0655 e. The van der Waals surface area contributed by atoms with Gasteiger partial charge in [-0.1, -0.05) is 127 Å². The van der Waals surface area contributed by atoms with Crippen LogP contribution in [0.4, 0.5) is 17.1 Å². The highest BCUT2D eigenvalue weighted by molar-refractivity contribution is 7.23. The zero-order chi connectivity index (χ0) is 32.6. The average molecular weight is 645 g/mol. The van der Waals surface area contributed by atoms with Crippen LogP contribution in [-0.4, -0.2) is 4.57 Å². The molecule has 0 aliphatic heterocycles. The van der Waals surface area contributed by atoms with E-state index in [1.165, 1.54) is 59.5 Å². The Balaban J connectivity index is 1.12. The van der Waals surface area contributed by atoms with Gasteiger partial charge >= 0.3 is 0 Å². The molecule has 9 aromatic rings. The molecule has 0 fully saturated rings. The van der Waals surface area contributed by atoms with E-state index in [1.54, 1.807) is 0 Å². The van der Waals surface area contributed by atoms with Crippen LogP contribution in [0, 0.1) is 0 Å². The van der Waals surface area contributed by atoms with Crippen molar-refractivity contribution < 1.29 is 0 Å². The normalized spacial score (nSPS) is 11.3. The topological polar surface area (TPSA) is 8.17 Å². The first kappa shape index (κ1) is 29.0. The van der Waals surface area contributed by atoms with Gasteiger partial charge in [-0.25, -0.2) is 0 Å². The van der Waals surface area contributed by atoms with Crippen LogP contribution in [0.1, 0.15) is 0 Å². The SMILES string of the molecule is c1ccc(-c2ccc(N(c3ccccc3)c3ccc(-c4cc5c(s4)c4cc(-c6ccccc6)ccc4n5-c4ccccc4)cc3)cc2)cc1. The first-order chi connectivity index (χ1) is 24.3. The predicted molar refractivity (Wildman–Crippen MR) is 210 cm³/mol. The van der Waals surface area contributed by atoms with Crippen molar-refractivity contribution in [2.24, 2.45) is 0 Å². The van der Waals surface area contributed by atoms with Crippen LogP contribution < -0.4 is 4.90 Å². The minimum Gasteiger partial charge on any atom is -0.311 e. The summed E-state index contributed by atoms with van der Waals surface area (Å²) >= 11 is 1.87. The van der Waals surface area contributed by atoms with Gasteiger partial charge in [-0.15, -0.1) is 11.3 Å². The van der Waals surface area contributed by atoms with Gasteiger partial charge in [0.05, 0.1) is 15.7 Å². The number of hydrogen-bond donors (Lipinski definition) is 0. The standard InChI is InChI=1S/C46H32N2S/c1-5-13-33(14-6-1)35-21-26-40(27-22-35)47(38-17-9-3-10-18-38)41-28-23-36(24-29-41)45-32-44-46(49-45)42-31-37(34-15-7-2-8-16-34)25-30-43(42)48(44)39-19-11-4-12-20-39/h1-32H. The monoisotopic (exact) mass is 644 g/mol. The molecule has 0 atom stereocenters. The van der Waals surface area contributed by atoms with E-state index >= 15 is 0 Å². The predicted octanol–water partition coefficient (Wildman–Crippen LogP) is 13.3. The molecule has 0 radical (unpaired) electrons. The third-order valence-corrected chi connectivity index (χ3v) is 10.4. The largest absolute Gasteiger partial charge is 0.311 e. The Kier molecular flexibility index (Phi) is 7.38. The molecule has 0 aliphatic rings. The highest BCUT2D eigenvalue weighted by Gasteiger charge is 2.18. The van der Waals surface area contributed by atoms with Crippen LogP contribution >= 0.6 is 11.3 Å². The van der Waals surface area contributed by atoms with Crippen LogP contribution in [0.15, 0.2) is 194 Å². The number of anilines is 3. The van der Waals surface area contributed by atoms with E-state index < -0.39 is 0 Å². The van der Waals surface area contributed by atoms with E-state index in [2.05, 4.69) is 204 Å². The fourth-order valence-electron chi connectivity index (χ4n) is 6.82. The van der Waals surface area contributed by atoms with Crippen LogP contribution in [-0.2, 0) is 0 Å². The molecule has 0 amide bonds. The van der Waals surface area contributed by atoms with Crippen molar-refractivity contribution in [1.82, 2.24) is 4.57 Å². The summed E-state index contributed by atoms with van der Waals surface area (Å²) in [5.41, 5.74) is 13.1. The summed E-state index contributed by atoms with van der Waals surface area (Å²) in [4.78, 5) is 3.58. The number of nitrogens with zero attached hydrogens (tertiary/aromatic N) is 2. The molecule has 0 saturated carbocycles. The summed E-state index contributed by atoms with van der Waals surface area (Å²) in [6, 6.07) is 69.6. The Hall–Kier alpha value is -6.16. The van der Waals surface area contributed by atoms with Crippen molar-refractivity contribution in [2.45, 2.75) is 0 Å². The molecule has 0 bridgehead atoms. The molecule has 0 aliphatic carbocycles. The molecule has 2 heterocycles. The van der Waals surface area contributed by atoms with Crippen molar-refractivity contribution in [1.29, 1.82) is 0 Å². The van der Waals surface area contributed by atoms with Gasteiger partial charge in [0.15, 0.2) is 0 Å². The molecular formula is C46H32N2S. The summed E-state index contributed by atoms with van der Waals surface area (Å²) in [6.45, 7) is 0. The first-order valence-electron chi connectivity index (χ1n) is 16.6. The van der Waals surface area contributed by atoms with Crippen molar-refractivity contribution in [2.75, 3.05) is 4.90 Å². The summed E-state index contributed by atoms with van der Waals surface area (Å²) < 4.78 is 3.71. The molecular weight excluding hydrogens is 613 g/mol. The Bertz CT molecular complexity index is 2500. The van der Waals surface area contributed by atoms with Crippen molar-refractivity contribution in [3.63, 3.8) is 0 Å². The molecule has 2 nitrogen and oxygen atoms in total. The summed E-state index contributed by atoms with van der Waals surface area (Å²) in [7, 11) is 0. The number of aromatic nitrogens is 1. The third-order valence-electron chi connectivity index (χ3n) is 9.21. The average Bonchev–Trinajstić information content (AvgIpc) is 3.74. The molecule has 0 spiro atoms. The van der Waals surface area contributed by atoms with Gasteiger partial charge in [-0.3, -0.25) is 0 Å². The number of fused-ring (bicyclic) bond motifs is 3. The van der Waals surface area contributed by atoms with E-state index in [1.807, 2.05) is 11.3 Å². The number of thiophene rings is 1. The zero-order valence-corrected chi connectivity index (χ0v) is 27.6. The second kappa shape index (κ2) is 12.5. The second-order valence-electron chi connectivity index (χ2n) is 12.2. The fraction of sp³-hybridized carbons (Fsp3) is 0. The molecule has 0 saturated heterocycles. The van der Waals surface area contributed by atoms with Crippen LogP contribution in [0.25, 0.3) is 59.5 Å². The minimum atomic E-state index is 1.12. The lowest BCUT2D eigenvalue weighted by molar-refractivity contribution is 1.18. The molecule has 2 aromatic heterocycles. The van der Waals surface area contributed by atoms with Gasteiger partial charge in [0.2, 0.25) is 0 Å². The van der Waals surface area contributed by atoms with Crippen LogP contribution in [0.5, 0.6) is 0 Å². The molecule has 49 heavy (non-hydrogen) atoms. The number of rotatable bonds is 7. The van der Waals surface area contributed by atoms with Crippen LogP contribution in [0.2, 0.25) is 0 Å². The smallest absolute Gasteiger partial charge is 0.0655 e. The van der Waals surface area contributed by atoms with Crippen molar-refractivity contribution in [3.8, 4) is 38.4 Å². The maximum atomic E-state index is 2.41. The summed E-state index contributed by atoms with van der Waals surface area (Å²) in [5, 5.41) is 1.28. The van der Waals surface area contributed by atoms with Gasteiger partial charge in [0.25, 0.3) is 0 Å². The van der Waals surface area contributed by atoms with E-state index in [9.17, 15) is 0 Å². The Morgan fingerprint density at radius 3 is 1.45 bits per heavy atom. The molecule has 0 N–H and O–H groups in total. The molecule has 3 heteroatoms. The minimum absolute atomic E-state index is 1.12. The van der Waals surface area contributed by atoms with Crippen molar-refractivity contribution in [3.05, 3.63) is 194 Å². The number of para-hydroxylation sites is 2. The van der Waals surface area contributed by atoms with Crippen molar-refractivity contribution >= 4 is 49.5 Å². The Labute approximate surface area is 290 Å². The summed E-state index contributed by atoms with van der Waals surface area (Å²) in [6.07, 6.45) is 0. The van der Waals surface area contributed by atoms with Gasteiger partial charge in [0, 0.05) is 33.0 Å². The van der Waals surface area contributed by atoms with Gasteiger partial charge in [-0.2, -0.15) is 0 Å². The van der Waals surface area contributed by atoms with E-state index in [0.29, 0.717) is 0 Å². The van der Waals surface area contributed by atoms with Gasteiger partial charge < -0.3 is 9.47 Å². The van der Waals surface area contributed by atoms with E-state index in [-0.39, 0.29) is 0 Å². The lowest BCUT2D eigenvalue weighted by Gasteiger charge is -2.25. The highest BCUT2D eigenvalue weighted by Crippen LogP contribution is 2.43. The molecule has 0 unspecified atom stereocenters. The maximum absolute atomic E-state index is 2.41. The fourth-order valence-corrected chi connectivity index (χ4v) is 8.00. The number of hydrogen-bond acceptors (Lipinski definition) is 2. The van der Waals surface area contributed by atoms with Crippen LogP contribution in [0.3, 0.4) is 0 Å². The first-order valence-corrected chi connectivity index (χ1v) is 17.4. The molecule has 232 valence electrons. The lowest BCUT2D eigenvalue weighted by atomic mass is 10.0. The molecule has 9 rings (SSSR count). The summed E-state index contributed by atoms with van der Waals surface area (Å²) in [5.74, 6) is 0. The Morgan fingerprint density at radius 1 is 0.367 bits per heavy atom. The second-order valence-corrected chi connectivity index (χ2v) is 13.3.